The molecule has 0 aromatic heterocycles. The van der Waals surface area contributed by atoms with E-state index in [-0.39, 0.29) is 0 Å². The summed E-state index contributed by atoms with van der Waals surface area (Å²) in [6, 6.07) is 7.66. The van der Waals surface area contributed by atoms with Gasteiger partial charge in [-0.2, -0.15) is 0 Å². The van der Waals surface area contributed by atoms with Crippen LogP contribution in [0.3, 0.4) is 0 Å². The number of aryl methyl sites for hydroxylation is 2. The fraction of sp³-hybridized carbons (Fsp3) is 0.684. The van der Waals surface area contributed by atoms with Gasteiger partial charge in [-0.1, -0.05) is 56.0 Å². The topological polar surface area (TPSA) is 12.0 Å². The van der Waals surface area contributed by atoms with E-state index in [0.29, 0.717) is 6.04 Å². The summed E-state index contributed by atoms with van der Waals surface area (Å²) in [4.78, 5) is 0. The zero-order valence-electron chi connectivity index (χ0n) is 13.7. The molecule has 0 radical (unpaired) electrons. The molecule has 1 aromatic carbocycles. The Kier molecular flexibility index (Phi) is 5.65. The van der Waals surface area contributed by atoms with Crippen molar-refractivity contribution in [3.05, 3.63) is 34.9 Å². The second-order valence-corrected chi connectivity index (χ2v) is 6.90. The van der Waals surface area contributed by atoms with Gasteiger partial charge >= 0.3 is 0 Å². The van der Waals surface area contributed by atoms with Crippen LogP contribution in [0.25, 0.3) is 0 Å². The minimum Gasteiger partial charge on any atom is -0.314 e. The molecule has 1 aliphatic carbocycles. The van der Waals surface area contributed by atoms with Crippen LogP contribution >= 0.6 is 0 Å². The van der Waals surface area contributed by atoms with Gasteiger partial charge in [-0.25, -0.2) is 0 Å². The Bertz CT molecular complexity index is 404. The van der Waals surface area contributed by atoms with E-state index < -0.39 is 0 Å². The third-order valence-corrected chi connectivity index (χ3v) is 4.75. The van der Waals surface area contributed by atoms with Gasteiger partial charge in [-0.3, -0.25) is 0 Å². The first-order valence-electron chi connectivity index (χ1n) is 8.39. The summed E-state index contributed by atoms with van der Waals surface area (Å²) in [5, 5.41) is 3.76. The van der Waals surface area contributed by atoms with E-state index in [1.807, 2.05) is 0 Å². The lowest BCUT2D eigenvalue weighted by Gasteiger charge is -2.34. The molecular formula is C19H31N. The predicted octanol–water partition coefficient (Wildman–Crippen LogP) is 4.65. The highest BCUT2D eigenvalue weighted by atomic mass is 14.9. The maximum absolute atomic E-state index is 3.76. The van der Waals surface area contributed by atoms with Gasteiger partial charge in [0.1, 0.15) is 0 Å². The number of nitrogens with one attached hydrogen (secondary N) is 1. The second-order valence-electron chi connectivity index (χ2n) is 6.90. The van der Waals surface area contributed by atoms with Gasteiger partial charge < -0.3 is 5.32 Å². The van der Waals surface area contributed by atoms with Crippen LogP contribution in [0.4, 0.5) is 0 Å². The van der Waals surface area contributed by atoms with Crippen LogP contribution in [0.2, 0.25) is 0 Å². The molecule has 20 heavy (non-hydrogen) atoms. The van der Waals surface area contributed by atoms with Crippen molar-refractivity contribution >= 4 is 0 Å². The number of likely N-dealkylation sites (N-methyl/N-ethyl adjacent to an activating group) is 1. The second kappa shape index (κ2) is 7.26. The summed E-state index contributed by atoms with van der Waals surface area (Å²) in [6.45, 7) is 10.2. The molecule has 3 atom stereocenters. The molecular weight excluding hydrogens is 242 g/mol. The van der Waals surface area contributed by atoms with E-state index in [1.54, 1.807) is 0 Å². The quantitative estimate of drug-likeness (QED) is 0.823. The van der Waals surface area contributed by atoms with Crippen molar-refractivity contribution < 1.29 is 0 Å². The molecule has 1 saturated carbocycles. The Balaban J connectivity index is 2.07. The van der Waals surface area contributed by atoms with Gasteiger partial charge in [-0.15, -0.1) is 0 Å². The van der Waals surface area contributed by atoms with Crippen LogP contribution in [-0.4, -0.2) is 12.6 Å². The van der Waals surface area contributed by atoms with Crippen LogP contribution in [0.5, 0.6) is 0 Å². The Labute approximate surface area is 125 Å². The fourth-order valence-corrected chi connectivity index (χ4v) is 3.95. The van der Waals surface area contributed by atoms with E-state index in [2.05, 4.69) is 51.2 Å². The Hall–Kier alpha value is -0.820. The van der Waals surface area contributed by atoms with Crippen LogP contribution in [-0.2, 0) is 6.42 Å². The van der Waals surface area contributed by atoms with E-state index in [1.165, 1.54) is 48.8 Å². The maximum atomic E-state index is 3.76. The van der Waals surface area contributed by atoms with Crippen molar-refractivity contribution in [1.82, 2.24) is 5.32 Å². The molecule has 1 fully saturated rings. The van der Waals surface area contributed by atoms with Gasteiger partial charge in [0.25, 0.3) is 0 Å². The van der Waals surface area contributed by atoms with Crippen molar-refractivity contribution in [2.24, 2.45) is 11.8 Å². The third kappa shape index (κ3) is 4.34. The molecule has 0 saturated heterocycles. The van der Waals surface area contributed by atoms with Gasteiger partial charge in [0.2, 0.25) is 0 Å². The van der Waals surface area contributed by atoms with Gasteiger partial charge in [-0.05, 0) is 57.1 Å². The standard InChI is InChI=1S/C19H31N/c1-5-20-19(18-8-6-7-14(2)12-18)13-17-10-15(3)9-16(4)11-17/h9-11,14,18-20H,5-8,12-13H2,1-4H3. The van der Waals surface area contributed by atoms with Gasteiger partial charge in [0.15, 0.2) is 0 Å². The Morgan fingerprint density at radius 1 is 1.15 bits per heavy atom. The highest BCUT2D eigenvalue weighted by Gasteiger charge is 2.26. The lowest BCUT2D eigenvalue weighted by molar-refractivity contribution is 0.222. The number of benzene rings is 1. The monoisotopic (exact) mass is 273 g/mol. The first kappa shape index (κ1) is 15.6. The predicted molar refractivity (Wildman–Crippen MR) is 88.2 cm³/mol. The molecule has 1 N–H and O–H groups in total. The molecule has 112 valence electrons. The zero-order valence-corrected chi connectivity index (χ0v) is 13.7. The SMILES string of the molecule is CCNC(Cc1cc(C)cc(C)c1)C1CCCC(C)C1. The van der Waals surface area contributed by atoms with Gasteiger partial charge in [0.05, 0.1) is 0 Å². The summed E-state index contributed by atoms with van der Waals surface area (Å²) in [5.41, 5.74) is 4.30. The first-order chi connectivity index (χ1) is 9.58. The fourth-order valence-electron chi connectivity index (χ4n) is 3.95. The molecule has 0 heterocycles. The maximum Gasteiger partial charge on any atom is 0.0136 e. The van der Waals surface area contributed by atoms with Crippen molar-refractivity contribution in [2.45, 2.75) is 65.8 Å². The van der Waals surface area contributed by atoms with E-state index >= 15 is 0 Å². The van der Waals surface area contributed by atoms with Crippen molar-refractivity contribution in [3.8, 4) is 0 Å². The lowest BCUT2D eigenvalue weighted by Crippen LogP contribution is -2.40. The smallest absolute Gasteiger partial charge is 0.0136 e. The summed E-state index contributed by atoms with van der Waals surface area (Å²) in [7, 11) is 0. The van der Waals surface area contributed by atoms with Crippen molar-refractivity contribution in [3.63, 3.8) is 0 Å². The molecule has 1 aliphatic rings. The molecule has 1 aromatic rings. The average molecular weight is 273 g/mol. The first-order valence-corrected chi connectivity index (χ1v) is 8.39. The highest BCUT2D eigenvalue weighted by molar-refractivity contribution is 5.29. The average Bonchev–Trinajstić information content (AvgIpc) is 2.37. The molecule has 0 spiro atoms. The highest BCUT2D eigenvalue weighted by Crippen LogP contribution is 2.32. The Morgan fingerprint density at radius 2 is 1.85 bits per heavy atom. The van der Waals surface area contributed by atoms with Crippen LogP contribution in [0.1, 0.15) is 56.2 Å². The van der Waals surface area contributed by atoms with E-state index in [9.17, 15) is 0 Å². The molecule has 1 heteroatoms. The van der Waals surface area contributed by atoms with Crippen molar-refractivity contribution in [1.29, 1.82) is 0 Å². The minimum absolute atomic E-state index is 0.656. The summed E-state index contributed by atoms with van der Waals surface area (Å²) < 4.78 is 0. The molecule has 0 bridgehead atoms. The van der Waals surface area contributed by atoms with Crippen molar-refractivity contribution in [2.75, 3.05) is 6.54 Å². The van der Waals surface area contributed by atoms with Crippen LogP contribution in [0.15, 0.2) is 18.2 Å². The Morgan fingerprint density at radius 3 is 2.45 bits per heavy atom. The molecule has 0 amide bonds. The van der Waals surface area contributed by atoms with Crippen LogP contribution < -0.4 is 5.32 Å². The summed E-state index contributed by atoms with van der Waals surface area (Å²) in [6.07, 6.45) is 6.85. The largest absolute Gasteiger partial charge is 0.314 e. The summed E-state index contributed by atoms with van der Waals surface area (Å²) in [5.74, 6) is 1.77. The zero-order chi connectivity index (χ0) is 14.5. The van der Waals surface area contributed by atoms with Crippen LogP contribution in [0, 0.1) is 25.7 Å². The normalized spacial score (nSPS) is 24.6. The van der Waals surface area contributed by atoms with Gasteiger partial charge in [0, 0.05) is 6.04 Å². The molecule has 0 aliphatic heterocycles. The van der Waals surface area contributed by atoms with E-state index in [4.69, 9.17) is 0 Å². The number of hydrogen-bond acceptors (Lipinski definition) is 1. The lowest BCUT2D eigenvalue weighted by atomic mass is 9.77. The third-order valence-electron chi connectivity index (χ3n) is 4.75. The summed E-state index contributed by atoms with van der Waals surface area (Å²) >= 11 is 0. The number of hydrogen-bond donors (Lipinski definition) is 1. The minimum atomic E-state index is 0.656. The number of rotatable bonds is 5. The molecule has 1 nitrogen and oxygen atoms in total. The molecule has 3 unspecified atom stereocenters. The van der Waals surface area contributed by atoms with E-state index in [0.717, 1.165) is 18.4 Å². The molecule has 2 rings (SSSR count).